The quantitative estimate of drug-likeness (QED) is 0.531. The molecule has 1 saturated carbocycles. The maximum absolute atomic E-state index is 12.8. The van der Waals surface area contributed by atoms with E-state index >= 15 is 0 Å². The van der Waals surface area contributed by atoms with E-state index in [1.54, 1.807) is 6.20 Å². The van der Waals surface area contributed by atoms with Crippen molar-refractivity contribution in [2.45, 2.75) is 64.7 Å². The molecule has 0 atom stereocenters. The summed E-state index contributed by atoms with van der Waals surface area (Å²) in [6.07, 6.45) is 8.21. The van der Waals surface area contributed by atoms with Gasteiger partial charge in [0, 0.05) is 19.2 Å². The lowest BCUT2D eigenvalue weighted by Crippen LogP contribution is -2.35. The zero-order chi connectivity index (χ0) is 22.5. The third-order valence-electron chi connectivity index (χ3n) is 7.05. The summed E-state index contributed by atoms with van der Waals surface area (Å²) in [4.78, 5) is 35.2. The molecule has 3 aromatic rings. The number of hydrogen-bond donors (Lipinski definition) is 3. The summed E-state index contributed by atoms with van der Waals surface area (Å²) >= 11 is 0. The summed E-state index contributed by atoms with van der Waals surface area (Å²) in [6, 6.07) is 3.98. The van der Waals surface area contributed by atoms with Crippen molar-refractivity contribution in [2.24, 2.45) is 5.92 Å². The van der Waals surface area contributed by atoms with Gasteiger partial charge < -0.3 is 15.2 Å². The molecule has 0 unspecified atom stereocenters. The number of likely N-dealkylation sites (N-methyl/N-ethyl adjacent to an activating group) is 1. The summed E-state index contributed by atoms with van der Waals surface area (Å²) in [5, 5.41) is 10.2. The van der Waals surface area contributed by atoms with Crippen LogP contribution in [0.2, 0.25) is 0 Å². The molecule has 1 aromatic carbocycles. The van der Waals surface area contributed by atoms with Crippen LogP contribution < -0.4 is 10.2 Å². The van der Waals surface area contributed by atoms with Gasteiger partial charge in [-0.15, -0.1) is 0 Å². The van der Waals surface area contributed by atoms with E-state index < -0.39 is 5.41 Å². The van der Waals surface area contributed by atoms with Crippen molar-refractivity contribution in [1.82, 2.24) is 20.2 Å². The van der Waals surface area contributed by atoms with Gasteiger partial charge in [0.2, 0.25) is 11.8 Å². The topological polar surface area (TPSA) is 107 Å². The molecule has 2 aliphatic rings. The van der Waals surface area contributed by atoms with Gasteiger partial charge in [-0.2, -0.15) is 5.10 Å². The molecule has 168 valence electrons. The van der Waals surface area contributed by atoms with Crippen molar-refractivity contribution in [3.8, 4) is 11.5 Å². The number of nitrogens with one attached hydrogen (secondary N) is 3. The van der Waals surface area contributed by atoms with Gasteiger partial charge in [0.05, 0.1) is 27.8 Å². The lowest BCUT2D eigenvalue weighted by molar-refractivity contribution is -0.122. The second-order valence-corrected chi connectivity index (χ2v) is 9.53. The monoisotopic (exact) mass is 434 g/mol. The predicted octanol–water partition coefficient (Wildman–Crippen LogP) is 4.51. The summed E-state index contributed by atoms with van der Waals surface area (Å²) in [5.41, 5.74) is 4.15. The number of imidazole rings is 1. The first-order valence-electron chi connectivity index (χ1n) is 11.6. The Morgan fingerprint density at radius 1 is 1.28 bits per heavy atom. The van der Waals surface area contributed by atoms with E-state index in [9.17, 15) is 9.59 Å². The molecular weight excluding hydrogens is 404 g/mol. The van der Waals surface area contributed by atoms with Gasteiger partial charge >= 0.3 is 0 Å². The average Bonchev–Trinajstić information content (AvgIpc) is 3.53. The molecule has 0 radical (unpaired) electrons. The fourth-order valence-corrected chi connectivity index (χ4v) is 5.17. The number of aromatic nitrogens is 4. The number of H-pyrrole nitrogens is 2. The van der Waals surface area contributed by atoms with E-state index in [0.29, 0.717) is 36.1 Å². The first-order chi connectivity index (χ1) is 15.4. The molecule has 3 heterocycles. The summed E-state index contributed by atoms with van der Waals surface area (Å²) in [7, 11) is 0. The fraction of sp³-hybridized carbons (Fsp3) is 0.500. The van der Waals surface area contributed by atoms with Crippen molar-refractivity contribution in [1.29, 1.82) is 0 Å². The Hall–Kier alpha value is -3.16. The van der Waals surface area contributed by atoms with E-state index in [4.69, 9.17) is 4.98 Å². The fourth-order valence-electron chi connectivity index (χ4n) is 5.17. The highest BCUT2D eigenvalue weighted by Gasteiger charge is 2.43. The highest BCUT2D eigenvalue weighted by molar-refractivity contribution is 6.09. The van der Waals surface area contributed by atoms with Crippen LogP contribution in [-0.4, -0.2) is 38.5 Å². The minimum Gasteiger partial charge on any atom is -0.337 e. The molecule has 32 heavy (non-hydrogen) atoms. The number of amides is 2. The number of fused-ring (bicyclic) bond motifs is 2. The lowest BCUT2D eigenvalue weighted by Gasteiger charge is -2.18. The number of carbonyl (C=O) groups excluding carboxylic acids is 2. The molecule has 1 fully saturated rings. The Morgan fingerprint density at radius 3 is 2.81 bits per heavy atom. The van der Waals surface area contributed by atoms with E-state index in [2.05, 4.69) is 20.5 Å². The van der Waals surface area contributed by atoms with Gasteiger partial charge in [-0.1, -0.05) is 25.7 Å². The lowest BCUT2D eigenvalue weighted by atomic mass is 9.86. The van der Waals surface area contributed by atoms with Crippen LogP contribution in [0.15, 0.2) is 18.3 Å². The predicted molar refractivity (Wildman–Crippen MR) is 125 cm³/mol. The zero-order valence-electron chi connectivity index (χ0n) is 18.9. The van der Waals surface area contributed by atoms with Crippen LogP contribution in [0.5, 0.6) is 0 Å². The van der Waals surface area contributed by atoms with Crippen LogP contribution in [0.3, 0.4) is 0 Å². The number of rotatable bonds is 6. The Balaban J connectivity index is 1.40. The van der Waals surface area contributed by atoms with Crippen LogP contribution in [0, 0.1) is 5.92 Å². The molecule has 5 rings (SSSR count). The highest BCUT2D eigenvalue weighted by atomic mass is 16.2. The summed E-state index contributed by atoms with van der Waals surface area (Å²) in [6.45, 7) is 6.52. The Labute approximate surface area is 187 Å². The van der Waals surface area contributed by atoms with Gasteiger partial charge in [-0.05, 0) is 50.8 Å². The van der Waals surface area contributed by atoms with Gasteiger partial charge in [-0.3, -0.25) is 14.7 Å². The SMILES string of the molecule is CCN1C(=O)C(C)(C)c2cc3[nH]c(-c4n[nH]cc4NC(=O)CCC4CCCC4)nc3cc21. The highest BCUT2D eigenvalue weighted by Crippen LogP contribution is 2.43. The molecular formula is C24H30N6O2. The van der Waals surface area contributed by atoms with E-state index in [1.807, 2.05) is 37.8 Å². The Kier molecular flexibility index (Phi) is 5.03. The number of carbonyl (C=O) groups is 2. The second-order valence-electron chi connectivity index (χ2n) is 9.53. The van der Waals surface area contributed by atoms with Crippen LogP contribution in [0.1, 0.15) is 64.9 Å². The van der Waals surface area contributed by atoms with Crippen LogP contribution >= 0.6 is 0 Å². The number of anilines is 2. The largest absolute Gasteiger partial charge is 0.337 e. The number of aromatic amines is 2. The minimum atomic E-state index is -0.574. The maximum atomic E-state index is 12.8. The van der Waals surface area contributed by atoms with Crippen LogP contribution in [0.4, 0.5) is 11.4 Å². The molecule has 0 saturated heterocycles. The average molecular weight is 435 g/mol. The van der Waals surface area contributed by atoms with Crippen molar-refractivity contribution < 1.29 is 9.59 Å². The van der Waals surface area contributed by atoms with E-state index in [0.717, 1.165) is 28.7 Å². The van der Waals surface area contributed by atoms with Crippen molar-refractivity contribution in [3.05, 3.63) is 23.9 Å². The Bertz CT molecular complexity index is 1180. The number of benzene rings is 1. The maximum Gasteiger partial charge on any atom is 0.237 e. The number of nitrogens with zero attached hydrogens (tertiary/aromatic N) is 3. The molecule has 0 bridgehead atoms. The molecule has 8 nitrogen and oxygen atoms in total. The van der Waals surface area contributed by atoms with Crippen molar-refractivity contribution in [2.75, 3.05) is 16.8 Å². The first-order valence-corrected chi connectivity index (χ1v) is 11.6. The Morgan fingerprint density at radius 2 is 2.06 bits per heavy atom. The normalized spacial score (nSPS) is 18.0. The van der Waals surface area contributed by atoms with Crippen molar-refractivity contribution in [3.63, 3.8) is 0 Å². The van der Waals surface area contributed by atoms with Crippen molar-refractivity contribution >= 4 is 34.2 Å². The molecule has 8 heteroatoms. The van der Waals surface area contributed by atoms with Crippen LogP contribution in [-0.2, 0) is 15.0 Å². The third-order valence-corrected chi connectivity index (χ3v) is 7.05. The minimum absolute atomic E-state index is 0.00786. The molecule has 2 aromatic heterocycles. The molecule has 1 aliphatic carbocycles. The van der Waals surface area contributed by atoms with Gasteiger partial charge in [0.15, 0.2) is 11.5 Å². The summed E-state index contributed by atoms with van der Waals surface area (Å²) in [5.74, 6) is 1.38. The molecule has 3 N–H and O–H groups in total. The number of hydrogen-bond acceptors (Lipinski definition) is 4. The standard InChI is InChI=1S/C24H30N6O2/c1-4-30-19-12-17-16(11-15(19)24(2,3)23(30)32)27-22(28-17)21-18(13-25-29-21)26-20(31)10-9-14-7-5-6-8-14/h11-14H,4-10H2,1-3H3,(H,25,29)(H,26,31)(H,27,28). The van der Waals surface area contributed by atoms with Gasteiger partial charge in [-0.25, -0.2) is 4.98 Å². The van der Waals surface area contributed by atoms with Gasteiger partial charge in [0.1, 0.15) is 0 Å². The second kappa shape index (κ2) is 7.76. The molecule has 0 spiro atoms. The zero-order valence-corrected chi connectivity index (χ0v) is 18.9. The third kappa shape index (κ3) is 3.38. The first kappa shape index (κ1) is 20.7. The van der Waals surface area contributed by atoms with Crippen LogP contribution in [0.25, 0.3) is 22.6 Å². The van der Waals surface area contributed by atoms with E-state index in [-0.39, 0.29) is 11.8 Å². The smallest absolute Gasteiger partial charge is 0.237 e. The van der Waals surface area contributed by atoms with Gasteiger partial charge in [0.25, 0.3) is 0 Å². The summed E-state index contributed by atoms with van der Waals surface area (Å²) < 4.78 is 0. The molecule has 1 aliphatic heterocycles. The molecule has 2 amide bonds. The van der Waals surface area contributed by atoms with E-state index in [1.165, 1.54) is 25.7 Å².